The molecular formula is C16H16N2O3. The number of amides is 2. The highest BCUT2D eigenvalue weighted by atomic mass is 16.5. The van der Waals surface area contributed by atoms with E-state index in [0.29, 0.717) is 23.5 Å². The number of methoxy groups -OCH3 is 1. The van der Waals surface area contributed by atoms with Gasteiger partial charge in [-0.25, -0.2) is 4.79 Å². The van der Waals surface area contributed by atoms with Crippen molar-refractivity contribution in [2.75, 3.05) is 17.7 Å². The SMILES string of the molecule is COc1cc(CC=O)ccc1NC(=O)Nc1ccccc1. The maximum atomic E-state index is 11.9. The Balaban J connectivity index is 2.08. The minimum absolute atomic E-state index is 0.312. The van der Waals surface area contributed by atoms with Gasteiger partial charge in [0.05, 0.1) is 12.8 Å². The van der Waals surface area contributed by atoms with E-state index >= 15 is 0 Å². The molecule has 5 heteroatoms. The average molecular weight is 284 g/mol. The van der Waals surface area contributed by atoms with Gasteiger partial charge in [-0.3, -0.25) is 0 Å². The third-order valence-electron chi connectivity index (χ3n) is 2.86. The number of hydrogen-bond acceptors (Lipinski definition) is 3. The van der Waals surface area contributed by atoms with Crippen LogP contribution < -0.4 is 15.4 Å². The second-order valence-corrected chi connectivity index (χ2v) is 4.35. The van der Waals surface area contributed by atoms with Crippen LogP contribution in [0.25, 0.3) is 0 Å². The Labute approximate surface area is 122 Å². The molecule has 0 aromatic heterocycles. The Bertz CT molecular complexity index is 627. The van der Waals surface area contributed by atoms with Crippen molar-refractivity contribution in [1.82, 2.24) is 0 Å². The first-order valence-corrected chi connectivity index (χ1v) is 6.46. The molecular weight excluding hydrogens is 268 g/mol. The van der Waals surface area contributed by atoms with Crippen molar-refractivity contribution < 1.29 is 14.3 Å². The molecule has 0 saturated heterocycles. The molecule has 0 aliphatic heterocycles. The molecule has 108 valence electrons. The fourth-order valence-electron chi connectivity index (χ4n) is 1.87. The highest BCUT2D eigenvalue weighted by Gasteiger charge is 2.08. The molecule has 0 aliphatic rings. The number of rotatable bonds is 5. The van der Waals surface area contributed by atoms with Gasteiger partial charge in [0.15, 0.2) is 0 Å². The molecule has 2 aromatic rings. The minimum atomic E-state index is -0.359. The molecule has 2 aromatic carbocycles. The van der Waals surface area contributed by atoms with Gasteiger partial charge in [-0.2, -0.15) is 0 Å². The van der Waals surface area contributed by atoms with Gasteiger partial charge in [-0.15, -0.1) is 0 Å². The summed E-state index contributed by atoms with van der Waals surface area (Å²) in [6.45, 7) is 0. The van der Waals surface area contributed by atoms with Crippen molar-refractivity contribution in [3.63, 3.8) is 0 Å². The Hall–Kier alpha value is -2.82. The van der Waals surface area contributed by atoms with Gasteiger partial charge >= 0.3 is 6.03 Å². The van der Waals surface area contributed by atoms with E-state index in [-0.39, 0.29) is 6.03 Å². The highest BCUT2D eigenvalue weighted by molar-refractivity contribution is 6.00. The number of urea groups is 1. The third kappa shape index (κ3) is 4.07. The molecule has 0 heterocycles. The summed E-state index contributed by atoms with van der Waals surface area (Å²) in [5, 5.41) is 5.44. The molecule has 0 radical (unpaired) electrons. The lowest BCUT2D eigenvalue weighted by Crippen LogP contribution is -2.19. The predicted molar refractivity (Wildman–Crippen MR) is 81.8 cm³/mol. The zero-order chi connectivity index (χ0) is 15.1. The molecule has 0 bridgehead atoms. The van der Waals surface area contributed by atoms with Gasteiger partial charge in [-0.05, 0) is 29.8 Å². The van der Waals surface area contributed by atoms with E-state index in [9.17, 15) is 9.59 Å². The van der Waals surface area contributed by atoms with Gasteiger partial charge < -0.3 is 20.2 Å². The quantitative estimate of drug-likeness (QED) is 0.829. The lowest BCUT2D eigenvalue weighted by atomic mass is 10.1. The second-order valence-electron chi connectivity index (χ2n) is 4.35. The van der Waals surface area contributed by atoms with Gasteiger partial charge in [0.1, 0.15) is 12.0 Å². The third-order valence-corrected chi connectivity index (χ3v) is 2.86. The number of para-hydroxylation sites is 1. The molecule has 2 amide bonds. The van der Waals surface area contributed by atoms with Crippen LogP contribution in [0, 0.1) is 0 Å². The maximum Gasteiger partial charge on any atom is 0.323 e. The van der Waals surface area contributed by atoms with E-state index in [0.717, 1.165) is 11.8 Å². The summed E-state index contributed by atoms with van der Waals surface area (Å²) >= 11 is 0. The lowest BCUT2D eigenvalue weighted by molar-refractivity contribution is -0.107. The predicted octanol–water partition coefficient (Wildman–Crippen LogP) is 3.08. The van der Waals surface area contributed by atoms with Crippen molar-refractivity contribution in [1.29, 1.82) is 0 Å². The Kier molecular flexibility index (Phi) is 4.93. The van der Waals surface area contributed by atoms with Crippen LogP contribution in [0.3, 0.4) is 0 Å². The number of aldehydes is 1. The van der Waals surface area contributed by atoms with Crippen molar-refractivity contribution in [2.24, 2.45) is 0 Å². The lowest BCUT2D eigenvalue weighted by Gasteiger charge is -2.12. The number of carbonyl (C=O) groups excluding carboxylic acids is 2. The van der Waals surface area contributed by atoms with Crippen LogP contribution in [-0.4, -0.2) is 19.4 Å². The number of nitrogens with one attached hydrogen (secondary N) is 2. The zero-order valence-corrected chi connectivity index (χ0v) is 11.6. The van der Waals surface area contributed by atoms with E-state index in [2.05, 4.69) is 10.6 Å². The summed E-state index contributed by atoms with van der Waals surface area (Å²) in [5.41, 5.74) is 2.07. The summed E-state index contributed by atoms with van der Waals surface area (Å²) in [4.78, 5) is 22.4. The van der Waals surface area contributed by atoms with Crippen molar-refractivity contribution >= 4 is 23.7 Å². The van der Waals surface area contributed by atoms with Gasteiger partial charge in [-0.1, -0.05) is 24.3 Å². The van der Waals surface area contributed by atoms with Crippen molar-refractivity contribution in [3.05, 3.63) is 54.1 Å². The van der Waals surface area contributed by atoms with E-state index in [4.69, 9.17) is 4.74 Å². The molecule has 0 spiro atoms. The van der Waals surface area contributed by atoms with E-state index < -0.39 is 0 Å². The van der Waals surface area contributed by atoms with Crippen LogP contribution in [0.4, 0.5) is 16.2 Å². The second kappa shape index (κ2) is 7.09. The number of ether oxygens (including phenoxy) is 1. The number of anilines is 2. The Morgan fingerprint density at radius 2 is 1.90 bits per heavy atom. The van der Waals surface area contributed by atoms with E-state index in [1.807, 2.05) is 18.2 Å². The van der Waals surface area contributed by atoms with Crippen LogP contribution in [0.2, 0.25) is 0 Å². The van der Waals surface area contributed by atoms with Crippen molar-refractivity contribution in [2.45, 2.75) is 6.42 Å². The Morgan fingerprint density at radius 1 is 1.14 bits per heavy atom. The maximum absolute atomic E-state index is 11.9. The summed E-state index contributed by atoms with van der Waals surface area (Å²) in [5.74, 6) is 0.512. The summed E-state index contributed by atoms with van der Waals surface area (Å²) in [7, 11) is 1.51. The van der Waals surface area contributed by atoms with E-state index in [1.165, 1.54) is 7.11 Å². The first-order chi connectivity index (χ1) is 10.2. The van der Waals surface area contributed by atoms with Crippen LogP contribution in [0.5, 0.6) is 5.75 Å². The molecule has 0 unspecified atom stereocenters. The molecule has 0 saturated carbocycles. The van der Waals surface area contributed by atoms with Crippen LogP contribution in [0.1, 0.15) is 5.56 Å². The molecule has 2 N–H and O–H groups in total. The number of benzene rings is 2. The van der Waals surface area contributed by atoms with Crippen LogP contribution in [0.15, 0.2) is 48.5 Å². The van der Waals surface area contributed by atoms with Gasteiger partial charge in [0, 0.05) is 12.1 Å². The summed E-state index contributed by atoms with van der Waals surface area (Å²) in [6.07, 6.45) is 1.14. The minimum Gasteiger partial charge on any atom is -0.495 e. The first kappa shape index (κ1) is 14.6. The Morgan fingerprint density at radius 3 is 2.57 bits per heavy atom. The summed E-state index contributed by atoms with van der Waals surface area (Å²) in [6, 6.07) is 14.0. The fourth-order valence-corrected chi connectivity index (χ4v) is 1.87. The molecule has 0 atom stereocenters. The number of carbonyl (C=O) groups is 2. The van der Waals surface area contributed by atoms with E-state index in [1.54, 1.807) is 30.3 Å². The van der Waals surface area contributed by atoms with Crippen molar-refractivity contribution in [3.8, 4) is 5.75 Å². The summed E-state index contributed by atoms with van der Waals surface area (Å²) < 4.78 is 5.22. The zero-order valence-electron chi connectivity index (χ0n) is 11.6. The molecule has 21 heavy (non-hydrogen) atoms. The first-order valence-electron chi connectivity index (χ1n) is 6.46. The molecule has 0 fully saturated rings. The van der Waals surface area contributed by atoms with Crippen LogP contribution in [-0.2, 0) is 11.2 Å². The average Bonchev–Trinajstić information content (AvgIpc) is 2.50. The topological polar surface area (TPSA) is 67.4 Å². The molecule has 2 rings (SSSR count). The monoisotopic (exact) mass is 284 g/mol. The number of hydrogen-bond donors (Lipinski definition) is 2. The van der Waals surface area contributed by atoms with Gasteiger partial charge in [0.2, 0.25) is 0 Å². The largest absolute Gasteiger partial charge is 0.495 e. The standard InChI is InChI=1S/C16H16N2O3/c1-21-15-11-12(9-10-19)7-8-14(15)18-16(20)17-13-5-3-2-4-6-13/h2-8,10-11H,9H2,1H3,(H2,17,18,20). The van der Waals surface area contributed by atoms with Gasteiger partial charge in [0.25, 0.3) is 0 Å². The smallest absolute Gasteiger partial charge is 0.323 e. The molecule has 5 nitrogen and oxygen atoms in total. The highest BCUT2D eigenvalue weighted by Crippen LogP contribution is 2.25. The fraction of sp³-hybridized carbons (Fsp3) is 0.125. The normalized spacial score (nSPS) is 9.76. The molecule has 0 aliphatic carbocycles. The van der Waals surface area contributed by atoms with Crippen LogP contribution >= 0.6 is 0 Å².